The van der Waals surface area contributed by atoms with Gasteiger partial charge in [0.25, 0.3) is 0 Å². The summed E-state index contributed by atoms with van der Waals surface area (Å²) in [5.74, 6) is -0.565. The largest absolute Gasteiger partial charge is 0.461 e. The van der Waals surface area contributed by atoms with Crippen molar-refractivity contribution in [3.8, 4) is 0 Å². The van der Waals surface area contributed by atoms with Gasteiger partial charge in [-0.25, -0.2) is 0 Å². The van der Waals surface area contributed by atoms with Crippen LogP contribution in [-0.4, -0.2) is 11.9 Å². The van der Waals surface area contributed by atoms with E-state index in [9.17, 15) is 9.59 Å². The molecular weight excluding hydrogens is 290 g/mol. The van der Waals surface area contributed by atoms with Crippen molar-refractivity contribution in [3.05, 3.63) is 77.9 Å². The first-order valence-corrected chi connectivity index (χ1v) is 7.38. The number of rotatable bonds is 6. The molecule has 2 aromatic carbocycles. The SMILES string of the molecule is CC(=O)OCc1ccccc1NC(=O)C=CCc1ccccc1. The summed E-state index contributed by atoms with van der Waals surface area (Å²) in [4.78, 5) is 22.9. The Morgan fingerprint density at radius 3 is 2.48 bits per heavy atom. The lowest BCUT2D eigenvalue weighted by molar-refractivity contribution is -0.142. The van der Waals surface area contributed by atoms with Crippen LogP contribution in [0.25, 0.3) is 0 Å². The zero-order valence-electron chi connectivity index (χ0n) is 13.0. The monoisotopic (exact) mass is 309 g/mol. The molecule has 4 nitrogen and oxygen atoms in total. The van der Waals surface area contributed by atoms with Crippen molar-refractivity contribution in [2.75, 3.05) is 5.32 Å². The quantitative estimate of drug-likeness (QED) is 0.656. The van der Waals surface area contributed by atoms with Gasteiger partial charge in [-0.05, 0) is 24.1 Å². The van der Waals surface area contributed by atoms with Crippen molar-refractivity contribution >= 4 is 17.6 Å². The van der Waals surface area contributed by atoms with E-state index >= 15 is 0 Å². The molecule has 23 heavy (non-hydrogen) atoms. The fraction of sp³-hybridized carbons (Fsp3) is 0.158. The second kappa shape index (κ2) is 8.54. The van der Waals surface area contributed by atoms with E-state index in [2.05, 4.69) is 5.32 Å². The number of carbonyl (C=O) groups excluding carboxylic acids is 2. The molecule has 2 rings (SSSR count). The molecule has 0 saturated carbocycles. The van der Waals surface area contributed by atoms with Gasteiger partial charge in [-0.2, -0.15) is 0 Å². The first kappa shape index (κ1) is 16.5. The Balaban J connectivity index is 1.93. The smallest absolute Gasteiger partial charge is 0.302 e. The highest BCUT2D eigenvalue weighted by molar-refractivity contribution is 5.99. The minimum Gasteiger partial charge on any atom is -0.461 e. The van der Waals surface area contributed by atoms with E-state index in [-0.39, 0.29) is 18.5 Å². The zero-order chi connectivity index (χ0) is 16.5. The molecule has 0 aliphatic carbocycles. The normalized spacial score (nSPS) is 10.5. The van der Waals surface area contributed by atoms with Crippen LogP contribution in [0.4, 0.5) is 5.69 Å². The van der Waals surface area contributed by atoms with Crippen LogP contribution in [0.2, 0.25) is 0 Å². The summed E-state index contributed by atoms with van der Waals surface area (Å²) in [5.41, 5.74) is 2.54. The van der Waals surface area contributed by atoms with Crippen molar-refractivity contribution in [3.63, 3.8) is 0 Å². The number of para-hydroxylation sites is 1. The van der Waals surface area contributed by atoms with Crippen molar-refractivity contribution in [1.82, 2.24) is 0 Å². The molecular formula is C19H19NO3. The van der Waals surface area contributed by atoms with Gasteiger partial charge in [0.2, 0.25) is 5.91 Å². The number of esters is 1. The second-order valence-corrected chi connectivity index (χ2v) is 5.02. The van der Waals surface area contributed by atoms with Gasteiger partial charge in [0.05, 0.1) is 0 Å². The molecule has 0 fully saturated rings. The Bertz CT molecular complexity index is 693. The molecule has 0 saturated heterocycles. The lowest BCUT2D eigenvalue weighted by Gasteiger charge is -2.09. The zero-order valence-corrected chi connectivity index (χ0v) is 13.0. The summed E-state index contributed by atoms with van der Waals surface area (Å²) in [6, 6.07) is 17.2. The maximum absolute atomic E-state index is 12.0. The first-order valence-electron chi connectivity index (χ1n) is 7.38. The summed E-state index contributed by atoms with van der Waals surface area (Å²) >= 11 is 0. The number of ether oxygens (including phenoxy) is 1. The molecule has 0 unspecified atom stereocenters. The highest BCUT2D eigenvalue weighted by Gasteiger charge is 2.05. The average molecular weight is 309 g/mol. The third-order valence-electron chi connectivity index (χ3n) is 3.17. The molecule has 1 amide bonds. The lowest BCUT2D eigenvalue weighted by atomic mass is 10.1. The third-order valence-corrected chi connectivity index (χ3v) is 3.17. The fourth-order valence-corrected chi connectivity index (χ4v) is 2.04. The van der Waals surface area contributed by atoms with Crippen LogP contribution in [0.15, 0.2) is 66.7 Å². The predicted octanol–water partition coefficient (Wildman–Crippen LogP) is 3.49. The van der Waals surface area contributed by atoms with Gasteiger partial charge in [-0.15, -0.1) is 0 Å². The summed E-state index contributed by atoms with van der Waals surface area (Å²) in [5, 5.41) is 2.80. The Morgan fingerprint density at radius 1 is 1.04 bits per heavy atom. The van der Waals surface area contributed by atoms with Gasteiger partial charge in [-0.1, -0.05) is 54.6 Å². The standard InChI is InChI=1S/C19H19NO3/c1-15(21)23-14-17-11-5-6-12-18(17)20-19(22)13-7-10-16-8-3-2-4-9-16/h2-9,11-13H,10,14H2,1H3,(H,20,22). The first-order chi connectivity index (χ1) is 11.1. The van der Waals surface area contributed by atoms with Crippen molar-refractivity contribution < 1.29 is 14.3 Å². The Labute approximate surface area is 135 Å². The molecule has 0 bridgehead atoms. The van der Waals surface area contributed by atoms with Crippen LogP contribution in [0.3, 0.4) is 0 Å². The summed E-state index contributed by atoms with van der Waals surface area (Å²) in [6.45, 7) is 1.49. The maximum atomic E-state index is 12.0. The highest BCUT2D eigenvalue weighted by atomic mass is 16.5. The van der Waals surface area contributed by atoms with Crippen molar-refractivity contribution in [2.24, 2.45) is 0 Å². The van der Waals surface area contributed by atoms with E-state index in [0.29, 0.717) is 12.1 Å². The van der Waals surface area contributed by atoms with Gasteiger partial charge >= 0.3 is 5.97 Å². The molecule has 2 aromatic rings. The van der Waals surface area contributed by atoms with Crippen LogP contribution in [0.1, 0.15) is 18.1 Å². The van der Waals surface area contributed by atoms with Gasteiger partial charge in [0.15, 0.2) is 0 Å². The topological polar surface area (TPSA) is 55.4 Å². The van der Waals surface area contributed by atoms with Crippen LogP contribution < -0.4 is 5.32 Å². The molecule has 118 valence electrons. The molecule has 0 aliphatic heterocycles. The van der Waals surface area contributed by atoms with Crippen molar-refractivity contribution in [1.29, 1.82) is 0 Å². The number of hydrogen-bond donors (Lipinski definition) is 1. The van der Waals surface area contributed by atoms with Crippen LogP contribution in [-0.2, 0) is 27.4 Å². The van der Waals surface area contributed by atoms with E-state index in [1.807, 2.05) is 54.6 Å². The van der Waals surface area contributed by atoms with E-state index < -0.39 is 0 Å². The molecule has 1 N–H and O–H groups in total. The molecule has 0 radical (unpaired) electrons. The van der Waals surface area contributed by atoms with Crippen LogP contribution in [0.5, 0.6) is 0 Å². The number of nitrogens with one attached hydrogen (secondary N) is 1. The van der Waals surface area contributed by atoms with E-state index in [0.717, 1.165) is 11.1 Å². The second-order valence-electron chi connectivity index (χ2n) is 5.02. The highest BCUT2D eigenvalue weighted by Crippen LogP contribution is 2.16. The van der Waals surface area contributed by atoms with Gasteiger partial charge in [-0.3, -0.25) is 9.59 Å². The van der Waals surface area contributed by atoms with Crippen molar-refractivity contribution in [2.45, 2.75) is 20.0 Å². The Morgan fingerprint density at radius 2 is 1.74 bits per heavy atom. The molecule has 0 heterocycles. The fourth-order valence-electron chi connectivity index (χ4n) is 2.04. The van der Waals surface area contributed by atoms with Gasteiger partial charge in [0.1, 0.15) is 6.61 Å². The molecule has 0 aromatic heterocycles. The van der Waals surface area contributed by atoms with Gasteiger partial charge < -0.3 is 10.1 Å². The number of allylic oxidation sites excluding steroid dienone is 1. The summed E-state index contributed by atoms with van der Waals surface area (Å²) < 4.78 is 4.98. The number of carbonyl (C=O) groups is 2. The lowest BCUT2D eigenvalue weighted by Crippen LogP contribution is -2.11. The average Bonchev–Trinajstić information content (AvgIpc) is 2.55. The number of amides is 1. The predicted molar refractivity (Wildman–Crippen MR) is 89.8 cm³/mol. The minimum absolute atomic E-state index is 0.138. The van der Waals surface area contributed by atoms with E-state index in [4.69, 9.17) is 4.74 Å². The maximum Gasteiger partial charge on any atom is 0.302 e. The summed E-state index contributed by atoms with van der Waals surface area (Å²) in [7, 11) is 0. The summed E-state index contributed by atoms with van der Waals surface area (Å²) in [6.07, 6.45) is 4.03. The Hall–Kier alpha value is -2.88. The molecule has 0 atom stereocenters. The number of anilines is 1. The number of benzene rings is 2. The van der Waals surface area contributed by atoms with E-state index in [1.54, 1.807) is 6.07 Å². The Kier molecular flexibility index (Phi) is 6.12. The molecule has 0 aliphatic rings. The van der Waals surface area contributed by atoms with Gasteiger partial charge in [0, 0.05) is 18.2 Å². The van der Waals surface area contributed by atoms with Crippen LogP contribution >= 0.6 is 0 Å². The third kappa shape index (κ3) is 5.79. The van der Waals surface area contributed by atoms with E-state index in [1.165, 1.54) is 13.0 Å². The minimum atomic E-state index is -0.353. The van der Waals surface area contributed by atoms with Crippen LogP contribution in [0, 0.1) is 0 Å². The number of hydrogen-bond acceptors (Lipinski definition) is 3. The molecule has 4 heteroatoms. The molecule has 0 spiro atoms.